The molecule has 0 fully saturated rings. The second kappa shape index (κ2) is 13.3. The minimum Gasteiger partial charge on any atom is -0.504 e. The van der Waals surface area contributed by atoms with Gasteiger partial charge in [0.05, 0.1) is 27.7 Å². The number of carboxylic acids is 1. The number of carbonyl (C=O) groups is 1. The van der Waals surface area contributed by atoms with E-state index in [-0.39, 0.29) is 5.56 Å². The van der Waals surface area contributed by atoms with Crippen LogP contribution in [0, 0.1) is 0 Å². The van der Waals surface area contributed by atoms with Crippen molar-refractivity contribution >= 4 is 63.7 Å². The second-order valence-corrected chi connectivity index (χ2v) is 14.4. The number of aromatic carboxylic acids is 1. The third kappa shape index (κ3) is 9.56. The highest BCUT2D eigenvalue weighted by Crippen LogP contribution is 2.35. The molecule has 45 heavy (non-hydrogen) atoms. The molecule has 3 aromatic rings. The molecule has 0 unspecified atom stereocenters. The number of aromatic hydroxyl groups is 1. The fourth-order valence-corrected chi connectivity index (χ4v) is 6.03. The number of anilines is 1. The summed E-state index contributed by atoms with van der Waals surface area (Å²) in [5.41, 5.74) is 0.425. The van der Waals surface area contributed by atoms with E-state index < -0.39 is 102 Å². The Morgan fingerprint density at radius 1 is 0.822 bits per heavy atom. The highest BCUT2D eigenvalue weighted by Gasteiger charge is 2.26. The van der Waals surface area contributed by atoms with Gasteiger partial charge in [-0.15, -0.1) is 10.2 Å². The van der Waals surface area contributed by atoms with Gasteiger partial charge in [0, 0.05) is 5.56 Å². The van der Waals surface area contributed by atoms with Crippen LogP contribution in [0.4, 0.5) is 11.4 Å². The Hall–Kier alpha value is -4.36. The fraction of sp³-hybridized carbons (Fsp3) is 0.0909. The zero-order chi connectivity index (χ0) is 33.8. The second-order valence-electron chi connectivity index (χ2n) is 8.43. The summed E-state index contributed by atoms with van der Waals surface area (Å²) in [6.07, 6.45) is 0. The Morgan fingerprint density at radius 2 is 1.47 bits per heavy atom. The summed E-state index contributed by atoms with van der Waals surface area (Å²) in [6.45, 7) is -1.10. The van der Waals surface area contributed by atoms with Gasteiger partial charge in [-0.3, -0.25) is 19.1 Å². The van der Waals surface area contributed by atoms with Gasteiger partial charge >= 0.3 is 16.4 Å². The largest absolute Gasteiger partial charge is 0.504 e. The van der Waals surface area contributed by atoms with E-state index >= 15 is 0 Å². The molecule has 19 nitrogen and oxygen atoms in total. The Kier molecular flexibility index (Phi) is 10.4. The van der Waals surface area contributed by atoms with E-state index in [1.54, 1.807) is 6.07 Å². The van der Waals surface area contributed by atoms with Gasteiger partial charge in [0.1, 0.15) is 16.3 Å². The van der Waals surface area contributed by atoms with Crippen molar-refractivity contribution in [1.82, 2.24) is 0 Å². The summed E-state index contributed by atoms with van der Waals surface area (Å²) in [4.78, 5) is 8.71. The lowest BCUT2D eigenvalue weighted by Gasteiger charge is -2.12. The first-order valence-electron chi connectivity index (χ1n) is 11.5. The molecule has 0 saturated carbocycles. The molecule has 242 valence electrons. The van der Waals surface area contributed by atoms with Crippen LogP contribution < -0.4 is 5.43 Å². The number of carboxylic acid groups (broad SMARTS) is 1. The molecule has 0 aliphatic carbocycles. The molecule has 23 heteroatoms. The minimum atomic E-state index is -5.29. The molecule has 0 aliphatic heterocycles. The molecule has 6 N–H and O–H groups in total. The summed E-state index contributed by atoms with van der Waals surface area (Å²) < 4.78 is 125. The molecule has 0 radical (unpaired) electrons. The zero-order valence-electron chi connectivity index (χ0n) is 22.0. The van der Waals surface area contributed by atoms with Crippen molar-refractivity contribution in [2.45, 2.75) is 14.7 Å². The van der Waals surface area contributed by atoms with E-state index in [0.717, 1.165) is 12.1 Å². The number of phenolic OH excluding ortho intramolecular Hbond substituents is 1. The van der Waals surface area contributed by atoms with Crippen LogP contribution in [-0.4, -0.2) is 81.7 Å². The molecule has 0 amide bonds. The van der Waals surface area contributed by atoms with Crippen molar-refractivity contribution in [2.75, 3.05) is 17.8 Å². The van der Waals surface area contributed by atoms with Gasteiger partial charge in [0.15, 0.2) is 15.6 Å². The van der Waals surface area contributed by atoms with E-state index in [2.05, 4.69) is 24.9 Å². The minimum absolute atomic E-state index is 0.136. The molecular formula is C22H20N4O15S4. The van der Waals surface area contributed by atoms with E-state index in [1.165, 1.54) is 24.3 Å². The monoisotopic (exact) mass is 708 g/mol. The maximum Gasteiger partial charge on any atom is 0.397 e. The maximum absolute atomic E-state index is 12.7. The molecule has 3 aromatic carbocycles. The molecule has 0 aromatic heterocycles. The van der Waals surface area contributed by atoms with Crippen LogP contribution >= 0.6 is 0 Å². The van der Waals surface area contributed by atoms with E-state index in [9.17, 15) is 57.8 Å². The third-order valence-corrected chi connectivity index (χ3v) is 9.17. The molecular weight excluding hydrogens is 689 g/mol. The first kappa shape index (κ1) is 35.1. The van der Waals surface area contributed by atoms with Crippen molar-refractivity contribution in [3.05, 3.63) is 71.8 Å². The Bertz CT molecular complexity index is 2130. The van der Waals surface area contributed by atoms with Gasteiger partial charge < -0.3 is 10.2 Å². The quantitative estimate of drug-likeness (QED) is 0.0389. The third-order valence-electron chi connectivity index (χ3n) is 5.33. The van der Waals surface area contributed by atoms with Gasteiger partial charge in [-0.05, 0) is 30.3 Å². The van der Waals surface area contributed by atoms with Crippen LogP contribution in [0.3, 0.4) is 0 Å². The number of nitrogens with zero attached hydrogens (tertiary/aromatic N) is 3. The predicted octanol–water partition coefficient (Wildman–Crippen LogP) is 1.73. The van der Waals surface area contributed by atoms with Crippen molar-refractivity contribution in [3.63, 3.8) is 0 Å². The number of hydrogen-bond acceptors (Lipinski definition) is 14. The van der Waals surface area contributed by atoms with E-state index in [1.807, 2.05) is 0 Å². The summed E-state index contributed by atoms with van der Waals surface area (Å²) >= 11 is 0. The standard InChI is InChI=1S/C22H20N4O15S4/c27-20-18(11-15(12-19(20)44(35,36)37)42(30,31)9-8-41-45(38,39)40)24-26-21(13-4-2-1-3-5-13)25-23-17-10-14(43(32,33)34)6-7-16(17)22(28)29/h1-7,10-12,24,27H,8-9H2,(H,28,29)(H,32,33,34)(H,35,36,37)(H,38,39,40)/b25-23?,26-21+. The summed E-state index contributed by atoms with van der Waals surface area (Å²) in [7, 11) is -19.7. The molecule has 0 heterocycles. The van der Waals surface area contributed by atoms with Crippen molar-refractivity contribution in [2.24, 2.45) is 15.3 Å². The van der Waals surface area contributed by atoms with Gasteiger partial charge in [-0.2, -0.15) is 30.4 Å². The topological polar surface area (TPSA) is 313 Å². The normalized spacial score (nSPS) is 13.2. The van der Waals surface area contributed by atoms with Gasteiger partial charge in [-0.25, -0.2) is 17.4 Å². The molecule has 0 bridgehead atoms. The number of sulfone groups is 1. The van der Waals surface area contributed by atoms with Crippen LogP contribution in [0.5, 0.6) is 5.75 Å². The lowest BCUT2D eigenvalue weighted by Crippen LogP contribution is -2.16. The van der Waals surface area contributed by atoms with Crippen LogP contribution in [0.1, 0.15) is 15.9 Å². The van der Waals surface area contributed by atoms with E-state index in [0.29, 0.717) is 18.2 Å². The number of phenols is 1. The summed E-state index contributed by atoms with van der Waals surface area (Å²) in [5.74, 6) is -4.34. The maximum atomic E-state index is 12.7. The molecule has 0 atom stereocenters. The number of hydrazone groups is 1. The number of azo groups is 1. The highest BCUT2D eigenvalue weighted by atomic mass is 32.3. The predicted molar refractivity (Wildman–Crippen MR) is 152 cm³/mol. The lowest BCUT2D eigenvalue weighted by molar-refractivity contribution is 0.0697. The number of rotatable bonds is 12. The first-order chi connectivity index (χ1) is 20.7. The van der Waals surface area contributed by atoms with Gasteiger partial charge in [0.25, 0.3) is 20.2 Å². The number of nitrogens with one attached hydrogen (secondary N) is 1. The number of benzene rings is 3. The number of amidine groups is 1. The Labute approximate surface area is 254 Å². The molecule has 3 rings (SSSR count). The van der Waals surface area contributed by atoms with Gasteiger partial charge in [0.2, 0.25) is 5.84 Å². The molecule has 0 spiro atoms. The van der Waals surface area contributed by atoms with Crippen LogP contribution in [0.2, 0.25) is 0 Å². The van der Waals surface area contributed by atoms with Gasteiger partial charge in [-0.1, -0.05) is 30.3 Å². The SMILES string of the molecule is O=C(O)c1ccc(S(=O)(=O)O)cc1N=N/C(=N/Nc1cc(S(=O)(=O)CCOS(=O)(=O)O)cc(S(=O)(=O)O)c1O)c1ccccc1. The summed E-state index contributed by atoms with van der Waals surface area (Å²) in [5, 5.41) is 31.3. The lowest BCUT2D eigenvalue weighted by atomic mass is 10.2. The highest BCUT2D eigenvalue weighted by molar-refractivity contribution is 7.91. The zero-order valence-corrected chi connectivity index (χ0v) is 25.2. The molecule has 0 aliphatic rings. The van der Waals surface area contributed by atoms with Crippen LogP contribution in [-0.2, 0) is 44.7 Å². The van der Waals surface area contributed by atoms with Crippen LogP contribution in [0.25, 0.3) is 0 Å². The van der Waals surface area contributed by atoms with Crippen molar-refractivity contribution < 1.29 is 66.5 Å². The Morgan fingerprint density at radius 3 is 2.02 bits per heavy atom. The van der Waals surface area contributed by atoms with E-state index in [4.69, 9.17) is 4.55 Å². The Balaban J connectivity index is 2.15. The summed E-state index contributed by atoms with van der Waals surface area (Å²) in [6, 6.07) is 10.7. The first-order valence-corrected chi connectivity index (χ1v) is 17.4. The fourth-order valence-electron chi connectivity index (χ4n) is 3.29. The van der Waals surface area contributed by atoms with Crippen LogP contribution in [0.15, 0.2) is 90.7 Å². The molecule has 0 saturated heterocycles. The average Bonchev–Trinajstić information content (AvgIpc) is 2.92. The average molecular weight is 709 g/mol. The van der Waals surface area contributed by atoms with Crippen molar-refractivity contribution in [1.29, 1.82) is 0 Å². The number of hydrogen-bond donors (Lipinski definition) is 6. The smallest absolute Gasteiger partial charge is 0.397 e. The van der Waals surface area contributed by atoms with Crippen molar-refractivity contribution in [3.8, 4) is 5.75 Å².